The minimum Gasteiger partial charge on any atom is -0.486 e. The number of rotatable bonds is 5. The summed E-state index contributed by atoms with van der Waals surface area (Å²) in [4.78, 5) is 30.3. The number of hydrogen-bond acceptors (Lipinski definition) is 5. The van der Waals surface area contributed by atoms with Crippen LogP contribution in [-0.2, 0) is 22.3 Å². The molecule has 5 rings (SSSR count). The van der Waals surface area contributed by atoms with Crippen LogP contribution in [0.25, 0.3) is 21.3 Å². The number of imide groups is 1. The number of amides is 2. The number of aryl methyl sites for hydroxylation is 1. The molecule has 0 spiro atoms. The molecular weight excluding hydrogens is 484 g/mol. The van der Waals surface area contributed by atoms with E-state index in [-0.39, 0.29) is 48.1 Å². The first kappa shape index (κ1) is 23.7. The standard InChI is InChI=1S/C25H22F4N2O3S/c1-13-9-14(25(27,28)29)10-17(23(13)34-20-4-2-3-18(20)26)16-7-8-30-19-11-15(35-24(16)19)12-31-21(32)5-6-22(31)33/h7-11,18,20H,2-6,12H2,1H3/t18-,20+/m0/s1. The first-order chi connectivity index (χ1) is 16.6. The summed E-state index contributed by atoms with van der Waals surface area (Å²) in [6.07, 6.45) is -3.11. The van der Waals surface area contributed by atoms with Crippen LogP contribution in [0.2, 0.25) is 0 Å². The number of aromatic nitrogens is 1. The lowest BCUT2D eigenvalue weighted by atomic mass is 9.98. The first-order valence-corrected chi connectivity index (χ1v) is 12.2. The molecule has 2 aromatic heterocycles. The minimum atomic E-state index is -4.57. The van der Waals surface area contributed by atoms with E-state index in [1.165, 1.54) is 29.4 Å². The Balaban J connectivity index is 1.62. The maximum atomic E-state index is 14.3. The van der Waals surface area contributed by atoms with Crippen molar-refractivity contribution in [1.29, 1.82) is 0 Å². The van der Waals surface area contributed by atoms with Crippen LogP contribution in [0.5, 0.6) is 5.75 Å². The molecule has 0 bridgehead atoms. The molecule has 0 radical (unpaired) electrons. The Kier molecular flexibility index (Phi) is 6.03. The second-order valence-electron chi connectivity index (χ2n) is 8.93. The quantitative estimate of drug-likeness (QED) is 0.305. The Hall–Kier alpha value is -3.01. The number of ether oxygens (including phenoxy) is 1. The van der Waals surface area contributed by atoms with Gasteiger partial charge >= 0.3 is 6.18 Å². The normalized spacial score (nSPS) is 20.9. The number of hydrogen-bond donors (Lipinski definition) is 0. The van der Waals surface area contributed by atoms with Crippen molar-refractivity contribution < 1.29 is 31.9 Å². The predicted octanol–water partition coefficient (Wildman–Crippen LogP) is 6.21. The predicted molar refractivity (Wildman–Crippen MR) is 123 cm³/mol. The molecule has 0 unspecified atom stereocenters. The zero-order chi connectivity index (χ0) is 24.9. The molecule has 1 aliphatic carbocycles. The van der Waals surface area contributed by atoms with E-state index in [9.17, 15) is 27.2 Å². The molecule has 1 aliphatic heterocycles. The Bertz CT molecular complexity index is 1300. The smallest absolute Gasteiger partial charge is 0.416 e. The van der Waals surface area contributed by atoms with Gasteiger partial charge < -0.3 is 4.74 Å². The van der Waals surface area contributed by atoms with Crippen molar-refractivity contribution in [2.45, 2.75) is 64.0 Å². The Morgan fingerprint density at radius 3 is 2.51 bits per heavy atom. The first-order valence-electron chi connectivity index (χ1n) is 11.4. The lowest BCUT2D eigenvalue weighted by Gasteiger charge is -2.22. The monoisotopic (exact) mass is 506 g/mol. The maximum Gasteiger partial charge on any atom is 0.416 e. The van der Waals surface area contributed by atoms with Gasteiger partial charge in [-0.3, -0.25) is 19.5 Å². The fourth-order valence-electron chi connectivity index (χ4n) is 4.69. The van der Waals surface area contributed by atoms with E-state index >= 15 is 0 Å². The molecule has 3 aromatic rings. The van der Waals surface area contributed by atoms with Crippen molar-refractivity contribution in [3.8, 4) is 16.9 Å². The van der Waals surface area contributed by atoms with Gasteiger partial charge in [0.25, 0.3) is 0 Å². The number of likely N-dealkylation sites (tertiary alicyclic amines) is 1. The fraction of sp³-hybridized carbons (Fsp3) is 0.400. The number of pyridine rings is 1. The van der Waals surface area contributed by atoms with Crippen molar-refractivity contribution in [3.63, 3.8) is 0 Å². The van der Waals surface area contributed by atoms with E-state index in [0.29, 0.717) is 39.9 Å². The molecule has 2 amide bonds. The third-order valence-electron chi connectivity index (χ3n) is 6.47. The van der Waals surface area contributed by atoms with Crippen molar-refractivity contribution in [2.75, 3.05) is 0 Å². The number of fused-ring (bicyclic) bond motifs is 1. The van der Waals surface area contributed by atoms with Crippen LogP contribution >= 0.6 is 11.3 Å². The second kappa shape index (κ2) is 8.89. The van der Waals surface area contributed by atoms with E-state index in [4.69, 9.17) is 4.74 Å². The zero-order valence-corrected chi connectivity index (χ0v) is 19.6. The van der Waals surface area contributed by atoms with Gasteiger partial charge in [0, 0.05) is 35.0 Å². The molecule has 2 fully saturated rings. The van der Waals surface area contributed by atoms with Crippen molar-refractivity contribution in [2.24, 2.45) is 0 Å². The van der Waals surface area contributed by atoms with E-state index in [1.54, 1.807) is 12.1 Å². The van der Waals surface area contributed by atoms with Gasteiger partial charge in [-0.2, -0.15) is 13.2 Å². The molecule has 1 saturated heterocycles. The summed E-state index contributed by atoms with van der Waals surface area (Å²) in [5, 5.41) is 0. The highest BCUT2D eigenvalue weighted by molar-refractivity contribution is 7.19. The fourth-order valence-corrected chi connectivity index (χ4v) is 5.82. The number of alkyl halides is 4. The molecule has 0 N–H and O–H groups in total. The summed E-state index contributed by atoms with van der Waals surface area (Å²) < 4.78 is 62.1. The minimum absolute atomic E-state index is 0.0920. The molecule has 2 aliphatic rings. The Morgan fingerprint density at radius 1 is 1.11 bits per heavy atom. The van der Waals surface area contributed by atoms with Crippen LogP contribution in [0.1, 0.15) is 48.1 Å². The van der Waals surface area contributed by atoms with Gasteiger partial charge in [-0.15, -0.1) is 11.3 Å². The third-order valence-corrected chi connectivity index (χ3v) is 7.61. The summed E-state index contributed by atoms with van der Waals surface area (Å²) in [7, 11) is 0. The molecule has 5 nitrogen and oxygen atoms in total. The molecule has 3 heterocycles. The Labute approximate surface area is 202 Å². The van der Waals surface area contributed by atoms with E-state index < -0.39 is 24.0 Å². The SMILES string of the molecule is Cc1cc(C(F)(F)F)cc(-c2ccnc3cc(CN4C(=O)CCC4=O)sc23)c1O[C@@H]1CCC[C@@H]1F. The Morgan fingerprint density at radius 2 is 1.86 bits per heavy atom. The summed E-state index contributed by atoms with van der Waals surface area (Å²) in [6, 6.07) is 5.39. The number of carbonyl (C=O) groups is 2. The molecule has 184 valence electrons. The number of benzene rings is 1. The lowest BCUT2D eigenvalue weighted by molar-refractivity contribution is -0.139. The van der Waals surface area contributed by atoms with Gasteiger partial charge in [-0.05, 0) is 56.0 Å². The number of nitrogens with zero attached hydrogens (tertiary/aromatic N) is 2. The molecule has 35 heavy (non-hydrogen) atoms. The van der Waals surface area contributed by atoms with Crippen LogP contribution in [0.4, 0.5) is 17.6 Å². The molecular formula is C25H22F4N2O3S. The molecule has 1 saturated carbocycles. The maximum absolute atomic E-state index is 14.3. The summed E-state index contributed by atoms with van der Waals surface area (Å²) in [6.45, 7) is 1.62. The zero-order valence-electron chi connectivity index (χ0n) is 18.8. The number of thiophene rings is 1. The number of carbonyl (C=O) groups excluding carboxylic acids is 2. The average Bonchev–Trinajstić information content (AvgIpc) is 3.49. The highest BCUT2D eigenvalue weighted by atomic mass is 32.1. The van der Waals surface area contributed by atoms with Gasteiger partial charge in [-0.25, -0.2) is 4.39 Å². The molecule has 10 heteroatoms. The van der Waals surface area contributed by atoms with Gasteiger partial charge in [-0.1, -0.05) is 0 Å². The summed E-state index contributed by atoms with van der Waals surface area (Å²) in [5.41, 5.74) is 0.667. The topological polar surface area (TPSA) is 59.5 Å². The third kappa shape index (κ3) is 4.51. The highest BCUT2D eigenvalue weighted by Crippen LogP contribution is 2.44. The lowest BCUT2D eigenvalue weighted by Crippen LogP contribution is -2.27. The molecule has 2 atom stereocenters. The highest BCUT2D eigenvalue weighted by Gasteiger charge is 2.35. The number of halogens is 4. The van der Waals surface area contributed by atoms with Gasteiger partial charge in [0.1, 0.15) is 18.0 Å². The largest absolute Gasteiger partial charge is 0.486 e. The van der Waals surface area contributed by atoms with Crippen molar-refractivity contribution >= 4 is 33.4 Å². The van der Waals surface area contributed by atoms with Crippen LogP contribution in [0.15, 0.2) is 30.5 Å². The van der Waals surface area contributed by atoms with Crippen LogP contribution in [0.3, 0.4) is 0 Å². The average molecular weight is 507 g/mol. The second-order valence-corrected chi connectivity index (χ2v) is 10.1. The summed E-state index contributed by atoms with van der Waals surface area (Å²) in [5.74, 6) is -0.274. The van der Waals surface area contributed by atoms with E-state index in [0.717, 1.165) is 12.1 Å². The van der Waals surface area contributed by atoms with Crippen molar-refractivity contribution in [1.82, 2.24) is 9.88 Å². The van der Waals surface area contributed by atoms with Crippen LogP contribution in [-0.4, -0.2) is 34.0 Å². The van der Waals surface area contributed by atoms with E-state index in [1.807, 2.05) is 0 Å². The van der Waals surface area contributed by atoms with Gasteiger partial charge in [0.2, 0.25) is 11.8 Å². The van der Waals surface area contributed by atoms with Crippen LogP contribution in [0, 0.1) is 6.92 Å². The summed E-state index contributed by atoms with van der Waals surface area (Å²) >= 11 is 1.26. The van der Waals surface area contributed by atoms with Gasteiger partial charge in [0.15, 0.2) is 0 Å². The van der Waals surface area contributed by atoms with E-state index in [2.05, 4.69) is 4.98 Å². The van der Waals surface area contributed by atoms with Crippen molar-refractivity contribution in [3.05, 3.63) is 46.5 Å². The van der Waals surface area contributed by atoms with Crippen LogP contribution < -0.4 is 4.74 Å². The van der Waals surface area contributed by atoms with Gasteiger partial charge in [0.05, 0.1) is 22.3 Å². The molecule has 1 aromatic carbocycles.